The van der Waals surface area contributed by atoms with Crippen molar-refractivity contribution in [3.05, 3.63) is 0 Å². The van der Waals surface area contributed by atoms with Crippen molar-refractivity contribution in [3.63, 3.8) is 0 Å². The summed E-state index contributed by atoms with van der Waals surface area (Å²) in [5.74, 6) is 0.821. The van der Waals surface area contributed by atoms with Crippen molar-refractivity contribution in [2.75, 3.05) is 19.6 Å². The highest BCUT2D eigenvalue weighted by Crippen LogP contribution is 2.20. The van der Waals surface area contributed by atoms with Gasteiger partial charge in [-0.1, -0.05) is 13.8 Å². The summed E-state index contributed by atoms with van der Waals surface area (Å²) >= 11 is 0. The molecule has 0 aliphatic carbocycles. The van der Waals surface area contributed by atoms with Gasteiger partial charge >= 0.3 is 0 Å². The first-order valence-corrected chi connectivity index (χ1v) is 6.88. The van der Waals surface area contributed by atoms with Gasteiger partial charge in [-0.3, -0.25) is 4.90 Å². The molecule has 16 heavy (non-hydrogen) atoms. The smallest absolute Gasteiger partial charge is 0.0125 e. The Morgan fingerprint density at radius 1 is 1.19 bits per heavy atom. The van der Waals surface area contributed by atoms with Crippen LogP contribution < -0.4 is 5.32 Å². The van der Waals surface area contributed by atoms with E-state index in [2.05, 4.69) is 44.8 Å². The zero-order valence-electron chi connectivity index (χ0n) is 11.8. The lowest BCUT2D eigenvalue weighted by Crippen LogP contribution is -2.50. The molecule has 1 N–H and O–H groups in total. The minimum absolute atomic E-state index is 0.350. The maximum Gasteiger partial charge on any atom is 0.0125 e. The summed E-state index contributed by atoms with van der Waals surface area (Å²) in [6.45, 7) is 15.2. The second-order valence-corrected chi connectivity index (χ2v) is 6.57. The Labute approximate surface area is 102 Å². The second kappa shape index (κ2) is 6.02. The summed E-state index contributed by atoms with van der Waals surface area (Å²) in [6, 6.07) is 0.761. The van der Waals surface area contributed by atoms with E-state index >= 15 is 0 Å². The van der Waals surface area contributed by atoms with Gasteiger partial charge in [-0.15, -0.1) is 0 Å². The Kier molecular flexibility index (Phi) is 5.26. The fourth-order valence-electron chi connectivity index (χ4n) is 2.33. The van der Waals surface area contributed by atoms with Crippen LogP contribution in [0.5, 0.6) is 0 Å². The molecule has 0 atom stereocenters. The molecule has 2 heteroatoms. The SMILES string of the molecule is CC(C)CCNC1CCN(C(C)(C)C)CC1. The van der Waals surface area contributed by atoms with Gasteiger partial charge in [0.15, 0.2) is 0 Å². The molecule has 0 spiro atoms. The highest BCUT2D eigenvalue weighted by atomic mass is 15.2. The van der Waals surface area contributed by atoms with E-state index < -0.39 is 0 Å². The van der Waals surface area contributed by atoms with Crippen molar-refractivity contribution in [2.24, 2.45) is 5.92 Å². The molecule has 0 aromatic rings. The first-order chi connectivity index (χ1) is 7.39. The van der Waals surface area contributed by atoms with E-state index in [1.165, 1.54) is 38.9 Å². The van der Waals surface area contributed by atoms with Gasteiger partial charge in [0.2, 0.25) is 0 Å². The highest BCUT2D eigenvalue weighted by molar-refractivity contribution is 4.84. The summed E-state index contributed by atoms with van der Waals surface area (Å²) in [5, 5.41) is 3.70. The van der Waals surface area contributed by atoms with E-state index in [4.69, 9.17) is 0 Å². The quantitative estimate of drug-likeness (QED) is 0.793. The Hall–Kier alpha value is -0.0800. The topological polar surface area (TPSA) is 15.3 Å². The molecule has 96 valence electrons. The molecule has 0 saturated carbocycles. The molecule has 0 unspecified atom stereocenters. The van der Waals surface area contributed by atoms with E-state index in [1.54, 1.807) is 0 Å². The van der Waals surface area contributed by atoms with Gasteiger partial charge in [0.05, 0.1) is 0 Å². The van der Waals surface area contributed by atoms with Crippen molar-refractivity contribution in [3.8, 4) is 0 Å². The lowest BCUT2D eigenvalue weighted by molar-refractivity contribution is 0.0961. The number of hydrogen-bond acceptors (Lipinski definition) is 2. The van der Waals surface area contributed by atoms with E-state index in [-0.39, 0.29) is 0 Å². The Bertz CT molecular complexity index is 185. The summed E-state index contributed by atoms with van der Waals surface area (Å²) in [5.41, 5.74) is 0.350. The van der Waals surface area contributed by atoms with Crippen LogP contribution in [0.15, 0.2) is 0 Å². The van der Waals surface area contributed by atoms with Crippen LogP contribution >= 0.6 is 0 Å². The lowest BCUT2D eigenvalue weighted by atomic mass is 9.98. The highest BCUT2D eigenvalue weighted by Gasteiger charge is 2.26. The van der Waals surface area contributed by atoms with Crippen LogP contribution in [0.4, 0.5) is 0 Å². The van der Waals surface area contributed by atoms with E-state index in [0.29, 0.717) is 5.54 Å². The van der Waals surface area contributed by atoms with Gasteiger partial charge < -0.3 is 5.32 Å². The average molecular weight is 226 g/mol. The molecule has 1 rings (SSSR count). The van der Waals surface area contributed by atoms with Crippen molar-refractivity contribution < 1.29 is 0 Å². The fourth-order valence-corrected chi connectivity index (χ4v) is 2.33. The zero-order valence-corrected chi connectivity index (χ0v) is 11.8. The van der Waals surface area contributed by atoms with Gasteiger partial charge in [0, 0.05) is 24.7 Å². The van der Waals surface area contributed by atoms with Crippen LogP contribution in [-0.4, -0.2) is 36.1 Å². The zero-order chi connectivity index (χ0) is 12.2. The first kappa shape index (κ1) is 14.0. The molecule has 0 amide bonds. The largest absolute Gasteiger partial charge is 0.314 e. The third-order valence-electron chi connectivity index (χ3n) is 3.60. The fraction of sp³-hybridized carbons (Fsp3) is 1.00. The molecule has 1 fully saturated rings. The number of likely N-dealkylation sites (tertiary alicyclic amines) is 1. The van der Waals surface area contributed by atoms with Crippen LogP contribution in [0, 0.1) is 5.92 Å². The Morgan fingerprint density at radius 3 is 2.19 bits per heavy atom. The van der Waals surface area contributed by atoms with Crippen LogP contribution in [0.1, 0.15) is 53.9 Å². The molecule has 0 radical (unpaired) electrons. The minimum Gasteiger partial charge on any atom is -0.314 e. The maximum absolute atomic E-state index is 3.70. The number of hydrogen-bond donors (Lipinski definition) is 1. The third-order valence-corrected chi connectivity index (χ3v) is 3.60. The summed E-state index contributed by atoms with van der Waals surface area (Å²) in [4.78, 5) is 2.60. The van der Waals surface area contributed by atoms with Crippen molar-refractivity contribution in [1.29, 1.82) is 0 Å². The molecule has 1 heterocycles. The van der Waals surface area contributed by atoms with Gasteiger partial charge in [-0.2, -0.15) is 0 Å². The van der Waals surface area contributed by atoms with E-state index in [9.17, 15) is 0 Å². The number of piperidine rings is 1. The average Bonchev–Trinajstić information content (AvgIpc) is 2.16. The number of nitrogens with one attached hydrogen (secondary N) is 1. The molecule has 2 nitrogen and oxygen atoms in total. The van der Waals surface area contributed by atoms with Crippen molar-refractivity contribution in [1.82, 2.24) is 10.2 Å². The number of nitrogens with zero attached hydrogens (tertiary/aromatic N) is 1. The molecule has 0 aromatic carbocycles. The standard InChI is InChI=1S/C14H30N2/c1-12(2)6-9-15-13-7-10-16(11-8-13)14(3,4)5/h12-13,15H,6-11H2,1-5H3. The summed E-state index contributed by atoms with van der Waals surface area (Å²) in [7, 11) is 0. The third kappa shape index (κ3) is 4.84. The van der Waals surface area contributed by atoms with E-state index in [0.717, 1.165) is 12.0 Å². The van der Waals surface area contributed by atoms with Crippen LogP contribution in [-0.2, 0) is 0 Å². The molecule has 1 aliphatic heterocycles. The van der Waals surface area contributed by atoms with Crippen molar-refractivity contribution >= 4 is 0 Å². The summed E-state index contributed by atoms with van der Waals surface area (Å²) in [6.07, 6.45) is 3.93. The molecule has 0 aromatic heterocycles. The molecule has 1 saturated heterocycles. The molecular formula is C14H30N2. The Morgan fingerprint density at radius 2 is 1.75 bits per heavy atom. The van der Waals surface area contributed by atoms with Crippen molar-refractivity contribution in [2.45, 2.75) is 65.5 Å². The molecule has 1 aliphatic rings. The monoisotopic (exact) mass is 226 g/mol. The second-order valence-electron chi connectivity index (χ2n) is 6.57. The lowest BCUT2D eigenvalue weighted by Gasteiger charge is -2.41. The van der Waals surface area contributed by atoms with Crippen LogP contribution in [0.25, 0.3) is 0 Å². The maximum atomic E-state index is 3.70. The predicted molar refractivity (Wildman–Crippen MR) is 71.8 cm³/mol. The van der Waals surface area contributed by atoms with Gasteiger partial charge in [-0.25, -0.2) is 0 Å². The van der Waals surface area contributed by atoms with Gasteiger partial charge in [0.1, 0.15) is 0 Å². The first-order valence-electron chi connectivity index (χ1n) is 6.88. The summed E-state index contributed by atoms with van der Waals surface area (Å²) < 4.78 is 0. The van der Waals surface area contributed by atoms with Gasteiger partial charge in [-0.05, 0) is 52.5 Å². The molecular weight excluding hydrogens is 196 g/mol. The van der Waals surface area contributed by atoms with Crippen LogP contribution in [0.2, 0.25) is 0 Å². The van der Waals surface area contributed by atoms with Gasteiger partial charge in [0.25, 0.3) is 0 Å². The normalized spacial score (nSPS) is 20.6. The minimum atomic E-state index is 0.350. The molecule has 0 bridgehead atoms. The van der Waals surface area contributed by atoms with Crippen LogP contribution in [0.3, 0.4) is 0 Å². The predicted octanol–water partition coefficient (Wildman–Crippen LogP) is 2.89. The Balaban J connectivity index is 2.17. The van der Waals surface area contributed by atoms with E-state index in [1.807, 2.05) is 0 Å². The number of rotatable bonds is 4.